The maximum absolute atomic E-state index is 6.74. The van der Waals surface area contributed by atoms with Crippen LogP contribution in [0.4, 0.5) is 5.69 Å². The third kappa shape index (κ3) is 4.08. The molecule has 1 atom stereocenters. The third-order valence-corrected chi connectivity index (χ3v) is 7.00. The summed E-state index contributed by atoms with van der Waals surface area (Å²) in [5.74, 6) is 2.16. The zero-order chi connectivity index (χ0) is 22.2. The van der Waals surface area contributed by atoms with E-state index >= 15 is 0 Å². The quantitative estimate of drug-likeness (QED) is 0.433. The van der Waals surface area contributed by atoms with E-state index in [4.69, 9.17) is 26.2 Å². The molecular weight excluding hydrogens is 422 g/mol. The molecule has 1 aliphatic heterocycles. The van der Waals surface area contributed by atoms with Gasteiger partial charge >= 0.3 is 0 Å². The second kappa shape index (κ2) is 8.95. The zero-order valence-electron chi connectivity index (χ0n) is 19.2. The molecule has 3 aromatic rings. The van der Waals surface area contributed by atoms with Crippen LogP contribution in [0.2, 0.25) is 5.02 Å². The first-order chi connectivity index (χ1) is 15.6. The Bertz CT molecular complexity index is 1120. The first-order valence-electron chi connectivity index (χ1n) is 11.8. The molecule has 3 heterocycles. The lowest BCUT2D eigenvalue weighted by Crippen LogP contribution is -2.32. The molecule has 1 saturated carbocycles. The van der Waals surface area contributed by atoms with Crippen LogP contribution in [0, 0.1) is 18.8 Å². The number of rotatable bonds is 8. The summed E-state index contributed by atoms with van der Waals surface area (Å²) < 4.78 is 13.5. The number of aryl methyl sites for hydroxylation is 2. The van der Waals surface area contributed by atoms with Crippen molar-refractivity contribution in [2.24, 2.45) is 11.8 Å². The highest BCUT2D eigenvalue weighted by Crippen LogP contribution is 2.40. The molecular formula is C26H32ClN3O2. The number of benzene rings is 1. The van der Waals surface area contributed by atoms with E-state index in [1.54, 1.807) is 7.11 Å². The normalized spacial score (nSPS) is 18.4. The standard InChI is InChI=1S/C26H32ClN3O2/c1-4-21-26(29(14-18-8-9-18)15-19-10-11-32-16-19)23-7-5-6-22(30(23)28-21)25-20(27)12-17(2)13-24(25)31-3/h5-7,12-13,18-19H,4,8-11,14-16H2,1-3H3. The summed E-state index contributed by atoms with van der Waals surface area (Å²) in [5, 5.41) is 5.78. The molecule has 2 aliphatic rings. The number of aromatic nitrogens is 2. The van der Waals surface area contributed by atoms with Gasteiger partial charge in [0.15, 0.2) is 0 Å². The van der Waals surface area contributed by atoms with E-state index in [-0.39, 0.29) is 0 Å². The fourth-order valence-electron chi connectivity index (χ4n) is 4.90. The van der Waals surface area contributed by atoms with Gasteiger partial charge in [0, 0.05) is 25.6 Å². The second-order valence-corrected chi connectivity index (χ2v) is 9.67. The largest absolute Gasteiger partial charge is 0.496 e. The van der Waals surface area contributed by atoms with Gasteiger partial charge in [0.25, 0.3) is 0 Å². The van der Waals surface area contributed by atoms with Gasteiger partial charge < -0.3 is 14.4 Å². The van der Waals surface area contributed by atoms with Crippen LogP contribution in [0.25, 0.3) is 16.8 Å². The maximum atomic E-state index is 6.74. The molecule has 1 aromatic carbocycles. The number of hydrogen-bond donors (Lipinski definition) is 0. The van der Waals surface area contributed by atoms with E-state index in [0.717, 1.165) is 78.8 Å². The lowest BCUT2D eigenvalue weighted by atomic mass is 10.1. The van der Waals surface area contributed by atoms with E-state index in [9.17, 15) is 0 Å². The third-order valence-electron chi connectivity index (χ3n) is 6.70. The number of methoxy groups -OCH3 is 1. The molecule has 5 rings (SSSR count). The molecule has 0 amide bonds. The minimum Gasteiger partial charge on any atom is -0.496 e. The van der Waals surface area contributed by atoms with E-state index in [0.29, 0.717) is 10.9 Å². The SMILES string of the molecule is CCc1nn2c(-c3c(Cl)cc(C)cc3OC)cccc2c1N(CC1CC1)CC1CCOC1. The summed E-state index contributed by atoms with van der Waals surface area (Å²) in [4.78, 5) is 2.59. The summed E-state index contributed by atoms with van der Waals surface area (Å²) in [6.45, 7) is 8.10. The Morgan fingerprint density at radius 1 is 1.19 bits per heavy atom. The molecule has 1 saturated heterocycles. The molecule has 0 radical (unpaired) electrons. The number of ether oxygens (including phenoxy) is 2. The van der Waals surface area contributed by atoms with Crippen molar-refractivity contribution in [2.75, 3.05) is 38.3 Å². The summed E-state index contributed by atoms with van der Waals surface area (Å²) in [7, 11) is 1.70. The second-order valence-electron chi connectivity index (χ2n) is 9.26. The summed E-state index contributed by atoms with van der Waals surface area (Å²) in [6, 6.07) is 10.4. The van der Waals surface area contributed by atoms with Crippen molar-refractivity contribution in [1.82, 2.24) is 9.61 Å². The summed E-state index contributed by atoms with van der Waals surface area (Å²) >= 11 is 6.74. The van der Waals surface area contributed by atoms with Crippen LogP contribution in [0.5, 0.6) is 5.75 Å². The van der Waals surface area contributed by atoms with E-state index < -0.39 is 0 Å². The molecule has 0 spiro atoms. The van der Waals surface area contributed by atoms with Crippen LogP contribution in [-0.4, -0.2) is 43.0 Å². The van der Waals surface area contributed by atoms with Crippen LogP contribution in [0.15, 0.2) is 30.3 Å². The number of nitrogens with zero attached hydrogens (tertiary/aromatic N) is 3. The molecule has 6 heteroatoms. The van der Waals surface area contributed by atoms with E-state index in [1.807, 2.05) is 19.1 Å². The monoisotopic (exact) mass is 453 g/mol. The smallest absolute Gasteiger partial charge is 0.130 e. The lowest BCUT2D eigenvalue weighted by Gasteiger charge is -2.27. The minimum atomic E-state index is 0.586. The van der Waals surface area contributed by atoms with Gasteiger partial charge in [-0.05, 0) is 68.4 Å². The Morgan fingerprint density at radius 3 is 2.69 bits per heavy atom. The van der Waals surface area contributed by atoms with Crippen LogP contribution < -0.4 is 9.64 Å². The average Bonchev–Trinajstić information content (AvgIpc) is 3.29. The number of halogens is 1. The van der Waals surface area contributed by atoms with Crippen LogP contribution >= 0.6 is 11.6 Å². The fraction of sp³-hybridized carbons (Fsp3) is 0.500. The van der Waals surface area contributed by atoms with Crippen molar-refractivity contribution < 1.29 is 9.47 Å². The molecule has 2 aromatic heterocycles. The van der Waals surface area contributed by atoms with E-state index in [2.05, 4.69) is 34.5 Å². The summed E-state index contributed by atoms with van der Waals surface area (Å²) in [6.07, 6.45) is 4.69. The van der Waals surface area contributed by atoms with Crippen molar-refractivity contribution in [1.29, 1.82) is 0 Å². The van der Waals surface area contributed by atoms with Crippen molar-refractivity contribution in [3.8, 4) is 17.0 Å². The lowest BCUT2D eigenvalue weighted by molar-refractivity contribution is 0.186. The predicted octanol–water partition coefficient (Wildman–Crippen LogP) is 5.79. The number of hydrogen-bond acceptors (Lipinski definition) is 4. The van der Waals surface area contributed by atoms with Crippen LogP contribution in [0.1, 0.15) is 37.4 Å². The maximum Gasteiger partial charge on any atom is 0.130 e. The Kier molecular flexibility index (Phi) is 6.04. The van der Waals surface area contributed by atoms with Gasteiger partial charge in [-0.15, -0.1) is 0 Å². The first kappa shape index (κ1) is 21.6. The Hall–Kier alpha value is -2.24. The number of fused-ring (bicyclic) bond motifs is 1. The predicted molar refractivity (Wildman–Crippen MR) is 130 cm³/mol. The topological polar surface area (TPSA) is 39.0 Å². The zero-order valence-corrected chi connectivity index (χ0v) is 20.0. The van der Waals surface area contributed by atoms with Gasteiger partial charge in [-0.3, -0.25) is 0 Å². The van der Waals surface area contributed by atoms with Gasteiger partial charge in [-0.2, -0.15) is 5.10 Å². The van der Waals surface area contributed by atoms with Crippen molar-refractivity contribution in [3.05, 3.63) is 46.6 Å². The van der Waals surface area contributed by atoms with Crippen molar-refractivity contribution in [2.45, 2.75) is 39.5 Å². The average molecular weight is 454 g/mol. The van der Waals surface area contributed by atoms with Gasteiger partial charge in [0.05, 0.1) is 46.9 Å². The van der Waals surface area contributed by atoms with Gasteiger partial charge in [-0.25, -0.2) is 4.52 Å². The fourth-order valence-corrected chi connectivity index (χ4v) is 5.27. The minimum absolute atomic E-state index is 0.586. The van der Waals surface area contributed by atoms with Crippen molar-refractivity contribution in [3.63, 3.8) is 0 Å². The Balaban J connectivity index is 1.65. The molecule has 1 aliphatic carbocycles. The highest BCUT2D eigenvalue weighted by atomic mass is 35.5. The highest BCUT2D eigenvalue weighted by Gasteiger charge is 2.30. The molecule has 2 fully saturated rings. The van der Waals surface area contributed by atoms with Crippen LogP contribution in [0.3, 0.4) is 0 Å². The Morgan fingerprint density at radius 2 is 2.00 bits per heavy atom. The van der Waals surface area contributed by atoms with E-state index in [1.165, 1.54) is 18.5 Å². The summed E-state index contributed by atoms with van der Waals surface area (Å²) in [5.41, 5.74) is 6.47. The molecule has 1 unspecified atom stereocenters. The van der Waals surface area contributed by atoms with Gasteiger partial charge in [0.2, 0.25) is 0 Å². The molecule has 0 N–H and O–H groups in total. The van der Waals surface area contributed by atoms with Gasteiger partial charge in [0.1, 0.15) is 5.75 Å². The highest BCUT2D eigenvalue weighted by molar-refractivity contribution is 6.33. The van der Waals surface area contributed by atoms with Gasteiger partial charge in [-0.1, -0.05) is 24.6 Å². The molecule has 32 heavy (non-hydrogen) atoms. The number of pyridine rings is 1. The Labute approximate surface area is 195 Å². The van der Waals surface area contributed by atoms with Crippen LogP contribution in [-0.2, 0) is 11.2 Å². The molecule has 0 bridgehead atoms. The molecule has 170 valence electrons. The first-order valence-corrected chi connectivity index (χ1v) is 12.1. The number of anilines is 1. The van der Waals surface area contributed by atoms with Crippen molar-refractivity contribution >= 4 is 22.8 Å². The molecule has 5 nitrogen and oxygen atoms in total.